The minimum atomic E-state index is -0.379. The van der Waals surface area contributed by atoms with Crippen LogP contribution in [0.1, 0.15) is 35.1 Å². The van der Waals surface area contributed by atoms with Crippen LogP contribution in [-0.2, 0) is 5.41 Å². The molecule has 0 amide bonds. The molecule has 1 nitrogen and oxygen atoms in total. The number of allylic oxidation sites excluding steroid dienone is 4. The normalized spacial score (nSPS) is 13.9. The summed E-state index contributed by atoms with van der Waals surface area (Å²) in [4.78, 5) is 0. The predicted molar refractivity (Wildman–Crippen MR) is 296 cm³/mol. The third-order valence-electron chi connectivity index (χ3n) is 15.4. The van der Waals surface area contributed by atoms with Gasteiger partial charge >= 0.3 is 0 Å². The second-order valence-corrected chi connectivity index (χ2v) is 19.0. The molecule has 0 unspecified atom stereocenters. The Hall–Kier alpha value is -8.78. The first-order valence-corrected chi connectivity index (χ1v) is 24.6. The summed E-state index contributed by atoms with van der Waals surface area (Å²) < 4.78 is 2.43. The van der Waals surface area contributed by atoms with Gasteiger partial charge in [-0.2, -0.15) is 0 Å². The molecule has 1 heteroatoms. The molecule has 1 aromatic heterocycles. The Bertz CT molecular complexity index is 3960. The lowest BCUT2D eigenvalue weighted by Crippen LogP contribution is -2.29. The van der Waals surface area contributed by atoms with Gasteiger partial charge in [-0.15, -0.1) is 0 Å². The first-order chi connectivity index (χ1) is 34.7. The van der Waals surface area contributed by atoms with Crippen molar-refractivity contribution >= 4 is 48.9 Å². The van der Waals surface area contributed by atoms with Gasteiger partial charge in [0, 0.05) is 16.5 Å². The minimum Gasteiger partial charge on any atom is -0.309 e. The van der Waals surface area contributed by atoms with Crippen LogP contribution in [0.15, 0.2) is 266 Å². The summed E-state index contributed by atoms with van der Waals surface area (Å²) >= 11 is 0. The number of nitrogens with zero attached hydrogens (tertiary/aromatic N) is 1. The largest absolute Gasteiger partial charge is 0.309 e. The van der Waals surface area contributed by atoms with Crippen molar-refractivity contribution in [3.8, 4) is 50.2 Å². The molecule has 11 aromatic carbocycles. The molecule has 70 heavy (non-hydrogen) atoms. The zero-order chi connectivity index (χ0) is 46.2. The molecule has 0 saturated carbocycles. The van der Waals surface area contributed by atoms with Crippen LogP contribution < -0.4 is 0 Å². The lowest BCUT2D eigenvalue weighted by atomic mass is 9.66. The molecule has 0 fully saturated rings. The third kappa shape index (κ3) is 6.11. The first-order valence-electron chi connectivity index (χ1n) is 24.6. The Balaban J connectivity index is 0.832. The molecule has 0 atom stereocenters. The van der Waals surface area contributed by atoms with Gasteiger partial charge in [-0.3, -0.25) is 0 Å². The van der Waals surface area contributed by atoms with Crippen LogP contribution in [0.2, 0.25) is 0 Å². The van der Waals surface area contributed by atoms with Crippen LogP contribution in [0.3, 0.4) is 0 Å². The third-order valence-corrected chi connectivity index (χ3v) is 15.4. The molecule has 12 aromatic rings. The van der Waals surface area contributed by atoms with Crippen molar-refractivity contribution in [3.05, 3.63) is 289 Å². The fourth-order valence-electron chi connectivity index (χ4n) is 12.3. The van der Waals surface area contributed by atoms with Gasteiger partial charge in [0.25, 0.3) is 0 Å². The van der Waals surface area contributed by atoms with Gasteiger partial charge in [-0.05, 0) is 149 Å². The second kappa shape index (κ2) is 16.2. The summed E-state index contributed by atoms with van der Waals surface area (Å²) in [5, 5.41) is 7.56. The molecule has 328 valence electrons. The fraction of sp³-hybridized carbons (Fsp3) is 0.0435. The Morgan fingerprint density at radius 3 is 1.40 bits per heavy atom. The number of fused-ring (bicyclic) bond motifs is 7. The lowest BCUT2D eigenvalue weighted by Gasteiger charge is -2.35. The van der Waals surface area contributed by atoms with Crippen molar-refractivity contribution in [3.63, 3.8) is 0 Å². The maximum Gasteiger partial charge on any atom is 0.0710 e. The highest BCUT2D eigenvalue weighted by Gasteiger charge is 2.47. The highest BCUT2D eigenvalue weighted by Crippen LogP contribution is 2.57. The van der Waals surface area contributed by atoms with E-state index in [2.05, 4.69) is 265 Å². The number of rotatable bonds is 7. The maximum atomic E-state index is 2.48. The van der Waals surface area contributed by atoms with Crippen LogP contribution in [0, 0.1) is 0 Å². The van der Waals surface area contributed by atoms with E-state index >= 15 is 0 Å². The molecular weight excluding hydrogens is 843 g/mol. The minimum absolute atomic E-state index is 0.379. The average molecular weight is 890 g/mol. The Labute approximate surface area is 408 Å². The monoisotopic (exact) mass is 889 g/mol. The average Bonchev–Trinajstić information content (AvgIpc) is 3.93. The SMILES string of the molecule is C1=CC2=C(CC1)c1ccc(-c3ccc(-c4ccc5c(c4)c4ccccc4n5-c4ccc(-c5c6ccccc6c(-c6ccccc6)c6ccccc56)cc4)cc3)cc1C2(c1ccccc1)c1ccccc1. The summed E-state index contributed by atoms with van der Waals surface area (Å²) in [5.41, 5.74) is 21.3. The molecule has 0 radical (unpaired) electrons. The maximum absolute atomic E-state index is 2.48. The van der Waals surface area contributed by atoms with Crippen molar-refractivity contribution in [2.75, 3.05) is 0 Å². The predicted octanol–water partition coefficient (Wildman–Crippen LogP) is 18.2. The van der Waals surface area contributed by atoms with Gasteiger partial charge in [0.2, 0.25) is 0 Å². The zero-order valence-electron chi connectivity index (χ0n) is 38.7. The molecule has 2 aliphatic rings. The molecule has 0 spiro atoms. The smallest absolute Gasteiger partial charge is 0.0710 e. The van der Waals surface area contributed by atoms with Gasteiger partial charge in [0.15, 0.2) is 0 Å². The summed E-state index contributed by atoms with van der Waals surface area (Å²) in [6.45, 7) is 0. The Morgan fingerprint density at radius 1 is 0.343 bits per heavy atom. The Morgan fingerprint density at radius 2 is 0.800 bits per heavy atom. The topological polar surface area (TPSA) is 4.93 Å². The highest BCUT2D eigenvalue weighted by atomic mass is 15.0. The number of hydrogen-bond donors (Lipinski definition) is 0. The van der Waals surface area contributed by atoms with E-state index in [1.165, 1.54) is 121 Å². The van der Waals surface area contributed by atoms with Crippen LogP contribution >= 0.6 is 0 Å². The Kier molecular flexibility index (Phi) is 9.32. The van der Waals surface area contributed by atoms with Gasteiger partial charge in [-0.1, -0.05) is 224 Å². The van der Waals surface area contributed by atoms with E-state index in [1.54, 1.807) is 0 Å². The molecule has 0 N–H and O–H groups in total. The van der Waals surface area contributed by atoms with Crippen LogP contribution in [0.4, 0.5) is 0 Å². The van der Waals surface area contributed by atoms with E-state index in [-0.39, 0.29) is 5.41 Å². The lowest BCUT2D eigenvalue weighted by molar-refractivity contribution is 0.757. The van der Waals surface area contributed by atoms with Crippen molar-refractivity contribution in [1.82, 2.24) is 4.57 Å². The van der Waals surface area contributed by atoms with E-state index in [4.69, 9.17) is 0 Å². The number of aromatic nitrogens is 1. The molecule has 1 heterocycles. The summed E-state index contributed by atoms with van der Waals surface area (Å²) in [6, 6.07) is 92.4. The molecule has 0 aliphatic heterocycles. The van der Waals surface area contributed by atoms with Crippen molar-refractivity contribution < 1.29 is 0 Å². The number of para-hydroxylation sites is 1. The van der Waals surface area contributed by atoms with Crippen molar-refractivity contribution in [2.45, 2.75) is 18.3 Å². The van der Waals surface area contributed by atoms with Crippen molar-refractivity contribution in [1.29, 1.82) is 0 Å². The first kappa shape index (κ1) is 40.3. The summed E-state index contributed by atoms with van der Waals surface area (Å²) in [5.74, 6) is 0. The van der Waals surface area contributed by atoms with Crippen LogP contribution in [0.5, 0.6) is 0 Å². The molecule has 14 rings (SSSR count). The van der Waals surface area contributed by atoms with Crippen molar-refractivity contribution in [2.24, 2.45) is 0 Å². The zero-order valence-corrected chi connectivity index (χ0v) is 38.7. The quantitative estimate of drug-likeness (QED) is 0.141. The fourth-order valence-corrected chi connectivity index (χ4v) is 12.3. The molecule has 0 bridgehead atoms. The molecule has 2 aliphatic carbocycles. The van der Waals surface area contributed by atoms with Crippen LogP contribution in [0.25, 0.3) is 99.1 Å². The van der Waals surface area contributed by atoms with E-state index in [1.807, 2.05) is 0 Å². The van der Waals surface area contributed by atoms with Crippen LogP contribution in [-0.4, -0.2) is 4.57 Å². The van der Waals surface area contributed by atoms with E-state index < -0.39 is 0 Å². The molecular formula is C69H47N. The standard InChI is InChI=1S/C69H47N/c1-4-18-48(19-5-1)67-58-26-10-12-28-60(58)68(61-29-13-11-27-59(61)67)49-36-40-54(41-37-49)70-65-31-17-15-25-57(65)62-44-50(39-43-66(62)70)46-32-34-47(35-33-46)51-38-42-56-55-24-14-16-30-63(55)69(64(56)45-51,52-20-6-2-7-21-52)53-22-8-3-9-23-53/h1-13,15-23,25-45H,14,24H2. The van der Waals surface area contributed by atoms with E-state index in [9.17, 15) is 0 Å². The van der Waals surface area contributed by atoms with Gasteiger partial charge in [0.1, 0.15) is 0 Å². The molecule has 0 saturated heterocycles. The number of hydrogen-bond acceptors (Lipinski definition) is 0. The summed E-state index contributed by atoms with van der Waals surface area (Å²) in [6.07, 6.45) is 6.91. The van der Waals surface area contributed by atoms with Gasteiger partial charge < -0.3 is 4.57 Å². The second-order valence-electron chi connectivity index (χ2n) is 19.0. The number of benzene rings is 11. The highest BCUT2D eigenvalue weighted by molar-refractivity contribution is 6.21. The summed E-state index contributed by atoms with van der Waals surface area (Å²) in [7, 11) is 0. The van der Waals surface area contributed by atoms with E-state index in [0.717, 1.165) is 18.5 Å². The van der Waals surface area contributed by atoms with E-state index in [0.29, 0.717) is 0 Å². The van der Waals surface area contributed by atoms with Gasteiger partial charge in [0.05, 0.1) is 16.4 Å². The van der Waals surface area contributed by atoms with Gasteiger partial charge in [-0.25, -0.2) is 0 Å².